The molecule has 1 atom stereocenters. The molecular formula is C15H21NO5. The third-order valence-electron chi connectivity index (χ3n) is 2.73. The maximum absolute atomic E-state index is 11.8. The molecule has 0 saturated carbocycles. The monoisotopic (exact) mass is 295 g/mol. The number of methoxy groups -OCH3 is 1. The van der Waals surface area contributed by atoms with Crippen molar-refractivity contribution in [3.8, 4) is 0 Å². The first-order valence-electron chi connectivity index (χ1n) is 6.67. The Morgan fingerprint density at radius 3 is 2.38 bits per heavy atom. The largest absolute Gasteiger partial charge is 0.445 e. The van der Waals surface area contributed by atoms with E-state index in [0.29, 0.717) is 0 Å². The summed E-state index contributed by atoms with van der Waals surface area (Å²) in [7, 11) is 1.42. The van der Waals surface area contributed by atoms with Crippen molar-refractivity contribution in [1.29, 1.82) is 0 Å². The number of rotatable bonds is 7. The molecule has 1 N–H and O–H groups in total. The van der Waals surface area contributed by atoms with Crippen molar-refractivity contribution in [2.75, 3.05) is 13.9 Å². The molecule has 6 heteroatoms. The maximum atomic E-state index is 11.8. The van der Waals surface area contributed by atoms with Gasteiger partial charge in [-0.3, -0.25) is 0 Å². The van der Waals surface area contributed by atoms with Crippen LogP contribution in [-0.4, -0.2) is 32.0 Å². The van der Waals surface area contributed by atoms with Gasteiger partial charge in [-0.2, -0.15) is 0 Å². The number of hydrogen-bond donors (Lipinski definition) is 1. The Labute approximate surface area is 124 Å². The van der Waals surface area contributed by atoms with Gasteiger partial charge in [0.05, 0.1) is 0 Å². The zero-order valence-corrected chi connectivity index (χ0v) is 12.5. The van der Waals surface area contributed by atoms with Crippen LogP contribution >= 0.6 is 0 Å². The molecule has 0 saturated heterocycles. The minimum Gasteiger partial charge on any atom is -0.445 e. The predicted molar refractivity (Wildman–Crippen MR) is 76.4 cm³/mol. The molecule has 21 heavy (non-hydrogen) atoms. The SMILES string of the molecule is COCOC(=O)[C@@H](NC(=O)OCc1ccccc1)C(C)C. The van der Waals surface area contributed by atoms with Crippen LogP contribution in [0.1, 0.15) is 19.4 Å². The van der Waals surface area contributed by atoms with E-state index in [1.54, 1.807) is 13.8 Å². The van der Waals surface area contributed by atoms with E-state index >= 15 is 0 Å². The summed E-state index contributed by atoms with van der Waals surface area (Å²) < 4.78 is 14.6. The Morgan fingerprint density at radius 1 is 1.14 bits per heavy atom. The summed E-state index contributed by atoms with van der Waals surface area (Å²) in [6.45, 7) is 3.60. The first-order valence-corrected chi connectivity index (χ1v) is 6.67. The number of nitrogens with one attached hydrogen (secondary N) is 1. The second-order valence-electron chi connectivity index (χ2n) is 4.80. The van der Waals surface area contributed by atoms with Crippen molar-refractivity contribution in [3.05, 3.63) is 35.9 Å². The molecule has 0 unspecified atom stereocenters. The second kappa shape index (κ2) is 8.97. The van der Waals surface area contributed by atoms with Gasteiger partial charge < -0.3 is 19.5 Å². The molecule has 0 fully saturated rings. The minimum absolute atomic E-state index is 0.126. The standard InChI is InChI=1S/C15H21NO5/c1-11(2)13(14(17)21-10-19-3)16-15(18)20-9-12-7-5-4-6-8-12/h4-8,11,13H,9-10H2,1-3H3,(H,16,18)/t13-/m0/s1. The predicted octanol–water partition coefficient (Wildman–Crippen LogP) is 2.08. The molecule has 0 heterocycles. The fourth-order valence-corrected chi connectivity index (χ4v) is 1.60. The highest BCUT2D eigenvalue weighted by atomic mass is 16.7. The van der Waals surface area contributed by atoms with Crippen molar-refractivity contribution >= 4 is 12.1 Å². The molecule has 0 aromatic heterocycles. The van der Waals surface area contributed by atoms with Crippen LogP contribution in [0.5, 0.6) is 0 Å². The fraction of sp³-hybridized carbons (Fsp3) is 0.467. The summed E-state index contributed by atoms with van der Waals surface area (Å²) in [5.41, 5.74) is 0.871. The van der Waals surface area contributed by atoms with E-state index in [1.807, 2.05) is 30.3 Å². The van der Waals surface area contributed by atoms with Crippen LogP contribution in [-0.2, 0) is 25.6 Å². The van der Waals surface area contributed by atoms with Crippen molar-refractivity contribution < 1.29 is 23.8 Å². The molecule has 0 aliphatic rings. The molecule has 6 nitrogen and oxygen atoms in total. The van der Waals surface area contributed by atoms with E-state index in [-0.39, 0.29) is 19.3 Å². The minimum atomic E-state index is -0.775. The van der Waals surface area contributed by atoms with Crippen LogP contribution in [0.2, 0.25) is 0 Å². The van der Waals surface area contributed by atoms with E-state index in [2.05, 4.69) is 10.1 Å². The number of benzene rings is 1. The molecular weight excluding hydrogens is 274 g/mol. The fourth-order valence-electron chi connectivity index (χ4n) is 1.60. The first-order chi connectivity index (χ1) is 10.0. The van der Waals surface area contributed by atoms with Crippen molar-refractivity contribution in [2.45, 2.75) is 26.5 Å². The number of carbonyl (C=O) groups excluding carboxylic acids is 2. The zero-order chi connectivity index (χ0) is 15.7. The van der Waals surface area contributed by atoms with Gasteiger partial charge in [0.25, 0.3) is 0 Å². The normalized spacial score (nSPS) is 11.8. The summed E-state index contributed by atoms with van der Waals surface area (Å²) in [5, 5.41) is 2.50. The van der Waals surface area contributed by atoms with Crippen LogP contribution in [0.15, 0.2) is 30.3 Å². The lowest BCUT2D eigenvalue weighted by Gasteiger charge is -2.20. The number of hydrogen-bond acceptors (Lipinski definition) is 5. The molecule has 0 aliphatic heterocycles. The van der Waals surface area contributed by atoms with Gasteiger partial charge in [0.2, 0.25) is 0 Å². The van der Waals surface area contributed by atoms with Gasteiger partial charge in [0, 0.05) is 7.11 Å². The molecule has 1 rings (SSSR count). The van der Waals surface area contributed by atoms with Crippen LogP contribution < -0.4 is 5.32 Å². The van der Waals surface area contributed by atoms with Crippen molar-refractivity contribution in [1.82, 2.24) is 5.32 Å². The van der Waals surface area contributed by atoms with Crippen LogP contribution in [0.4, 0.5) is 4.79 Å². The van der Waals surface area contributed by atoms with Gasteiger partial charge in [-0.25, -0.2) is 9.59 Å². The first kappa shape index (κ1) is 17.0. The van der Waals surface area contributed by atoms with Crippen LogP contribution in [0, 0.1) is 5.92 Å². The molecule has 0 spiro atoms. The summed E-state index contributed by atoms with van der Waals surface area (Å²) >= 11 is 0. The topological polar surface area (TPSA) is 73.9 Å². The zero-order valence-electron chi connectivity index (χ0n) is 12.5. The highest BCUT2D eigenvalue weighted by molar-refractivity contribution is 5.81. The highest BCUT2D eigenvalue weighted by Crippen LogP contribution is 2.06. The van der Waals surface area contributed by atoms with Gasteiger partial charge >= 0.3 is 12.1 Å². The molecule has 0 bridgehead atoms. The van der Waals surface area contributed by atoms with Gasteiger partial charge in [0.15, 0.2) is 6.79 Å². The number of carbonyl (C=O) groups is 2. The van der Waals surface area contributed by atoms with Gasteiger partial charge in [-0.15, -0.1) is 0 Å². The van der Waals surface area contributed by atoms with E-state index < -0.39 is 18.1 Å². The Hall–Kier alpha value is -2.08. The Balaban J connectivity index is 2.47. The lowest BCUT2D eigenvalue weighted by molar-refractivity contribution is -0.157. The quantitative estimate of drug-likeness (QED) is 0.616. The summed E-state index contributed by atoms with van der Waals surface area (Å²) in [6, 6.07) is 8.51. The molecule has 116 valence electrons. The van der Waals surface area contributed by atoms with Gasteiger partial charge in [0.1, 0.15) is 12.6 Å². The Morgan fingerprint density at radius 2 is 1.81 bits per heavy atom. The average molecular weight is 295 g/mol. The molecule has 0 aliphatic carbocycles. The highest BCUT2D eigenvalue weighted by Gasteiger charge is 2.26. The maximum Gasteiger partial charge on any atom is 0.408 e. The second-order valence-corrected chi connectivity index (χ2v) is 4.80. The van der Waals surface area contributed by atoms with Gasteiger partial charge in [-0.1, -0.05) is 44.2 Å². The van der Waals surface area contributed by atoms with Crippen molar-refractivity contribution in [2.24, 2.45) is 5.92 Å². The number of alkyl carbamates (subject to hydrolysis) is 1. The Kier molecular flexibility index (Phi) is 7.25. The third-order valence-corrected chi connectivity index (χ3v) is 2.73. The van der Waals surface area contributed by atoms with Crippen LogP contribution in [0.25, 0.3) is 0 Å². The van der Waals surface area contributed by atoms with Crippen LogP contribution in [0.3, 0.4) is 0 Å². The van der Waals surface area contributed by atoms with Gasteiger partial charge in [-0.05, 0) is 11.5 Å². The molecule has 1 aromatic carbocycles. The Bertz CT molecular complexity index is 447. The number of ether oxygens (including phenoxy) is 3. The lowest BCUT2D eigenvalue weighted by atomic mass is 10.1. The summed E-state index contributed by atoms with van der Waals surface area (Å²) in [4.78, 5) is 23.5. The molecule has 0 radical (unpaired) electrons. The number of amides is 1. The van der Waals surface area contributed by atoms with E-state index in [0.717, 1.165) is 5.56 Å². The lowest BCUT2D eigenvalue weighted by Crippen LogP contribution is -2.45. The summed E-state index contributed by atoms with van der Waals surface area (Å²) in [6.07, 6.45) is -0.660. The van der Waals surface area contributed by atoms with E-state index in [9.17, 15) is 9.59 Å². The summed E-state index contributed by atoms with van der Waals surface area (Å²) in [5.74, 6) is -0.679. The van der Waals surface area contributed by atoms with E-state index in [1.165, 1.54) is 7.11 Å². The van der Waals surface area contributed by atoms with E-state index in [4.69, 9.17) is 9.47 Å². The average Bonchev–Trinajstić information content (AvgIpc) is 2.49. The number of esters is 1. The smallest absolute Gasteiger partial charge is 0.408 e. The molecule has 1 amide bonds. The third kappa shape index (κ3) is 6.27. The van der Waals surface area contributed by atoms with Crippen molar-refractivity contribution in [3.63, 3.8) is 0 Å². The molecule has 1 aromatic rings.